The van der Waals surface area contributed by atoms with Gasteiger partial charge in [0.2, 0.25) is 0 Å². The lowest BCUT2D eigenvalue weighted by Crippen LogP contribution is -2.06. The minimum atomic E-state index is -0.626. The van der Waals surface area contributed by atoms with Gasteiger partial charge in [0, 0.05) is 5.56 Å². The van der Waals surface area contributed by atoms with Gasteiger partial charge in [-0.05, 0) is 31.9 Å². The van der Waals surface area contributed by atoms with Crippen LogP contribution in [0, 0.1) is 6.92 Å². The first-order valence-corrected chi connectivity index (χ1v) is 4.72. The highest BCUT2D eigenvalue weighted by molar-refractivity contribution is 5.28. The van der Waals surface area contributed by atoms with Gasteiger partial charge in [0.25, 0.3) is 0 Å². The summed E-state index contributed by atoms with van der Waals surface area (Å²) in [5, 5.41) is 17.9. The predicted octanol–water partition coefficient (Wildman–Crippen LogP) is 1.96. The van der Waals surface area contributed by atoms with Gasteiger partial charge >= 0.3 is 0 Å². The molecule has 3 heteroatoms. The summed E-state index contributed by atoms with van der Waals surface area (Å²) in [4.78, 5) is 0. The Morgan fingerprint density at radius 1 is 1.57 bits per heavy atom. The Balaban J connectivity index is 3.16. The number of hydrogen-bond donors (Lipinski definition) is 1. The van der Waals surface area contributed by atoms with Crippen LogP contribution in [0.4, 0.5) is 0 Å². The van der Waals surface area contributed by atoms with Crippen molar-refractivity contribution in [3.05, 3.63) is 35.2 Å². The average Bonchev–Trinajstić information content (AvgIpc) is 2.16. The second-order valence-electron chi connectivity index (χ2n) is 3.49. The molecule has 0 aromatic carbocycles. The molecule has 76 valence electrons. The molecule has 1 atom stereocenters. The maximum absolute atomic E-state index is 9.87. The third-order valence-electron chi connectivity index (χ3n) is 2.12. The van der Waals surface area contributed by atoms with Crippen LogP contribution in [0.3, 0.4) is 0 Å². The van der Waals surface area contributed by atoms with Crippen molar-refractivity contribution in [1.29, 1.82) is 0 Å². The molecule has 0 aliphatic rings. The average molecular weight is 192 g/mol. The minimum Gasteiger partial charge on any atom is -0.384 e. The van der Waals surface area contributed by atoms with Crippen molar-refractivity contribution in [1.82, 2.24) is 10.2 Å². The Morgan fingerprint density at radius 2 is 2.21 bits per heavy atom. The zero-order valence-corrected chi connectivity index (χ0v) is 8.91. The Labute approximate surface area is 84.5 Å². The molecule has 0 saturated heterocycles. The molecule has 1 unspecified atom stereocenters. The normalized spacial score (nSPS) is 12.6. The van der Waals surface area contributed by atoms with Crippen LogP contribution in [0.25, 0.3) is 0 Å². The van der Waals surface area contributed by atoms with E-state index in [-0.39, 0.29) is 0 Å². The lowest BCUT2D eigenvalue weighted by molar-refractivity contribution is 0.214. The first kappa shape index (κ1) is 10.9. The Bertz CT molecular complexity index is 347. The molecule has 1 rings (SSSR count). The molecule has 0 aliphatic carbocycles. The summed E-state index contributed by atoms with van der Waals surface area (Å²) in [7, 11) is 0. The van der Waals surface area contributed by atoms with E-state index in [9.17, 15) is 5.11 Å². The van der Waals surface area contributed by atoms with Gasteiger partial charge in [0.15, 0.2) is 0 Å². The van der Waals surface area contributed by atoms with E-state index in [2.05, 4.69) is 16.8 Å². The van der Waals surface area contributed by atoms with Gasteiger partial charge < -0.3 is 5.11 Å². The lowest BCUT2D eigenvalue weighted by Gasteiger charge is -2.13. The Hall–Kier alpha value is -1.22. The van der Waals surface area contributed by atoms with Crippen molar-refractivity contribution < 1.29 is 5.11 Å². The van der Waals surface area contributed by atoms with Crippen LogP contribution >= 0.6 is 0 Å². The second kappa shape index (κ2) is 4.33. The molecule has 0 amide bonds. The van der Waals surface area contributed by atoms with E-state index in [1.165, 1.54) is 0 Å². The summed E-state index contributed by atoms with van der Waals surface area (Å²) in [6.45, 7) is 9.40. The predicted molar refractivity (Wildman–Crippen MR) is 55.9 cm³/mol. The van der Waals surface area contributed by atoms with Gasteiger partial charge in [-0.1, -0.05) is 13.5 Å². The topological polar surface area (TPSA) is 46.0 Å². The van der Waals surface area contributed by atoms with Crippen LogP contribution < -0.4 is 0 Å². The molecule has 1 N–H and O–H groups in total. The third-order valence-corrected chi connectivity index (χ3v) is 2.12. The van der Waals surface area contributed by atoms with E-state index >= 15 is 0 Å². The van der Waals surface area contributed by atoms with Crippen LogP contribution in [0.1, 0.15) is 36.9 Å². The van der Waals surface area contributed by atoms with Crippen molar-refractivity contribution in [2.75, 3.05) is 0 Å². The molecule has 1 aromatic heterocycles. The monoisotopic (exact) mass is 192 g/mol. The molecular weight excluding hydrogens is 176 g/mol. The molecule has 0 fully saturated rings. The van der Waals surface area contributed by atoms with Gasteiger partial charge in [0.1, 0.15) is 6.10 Å². The molecule has 1 aromatic rings. The molecule has 0 spiro atoms. The molecule has 3 nitrogen and oxygen atoms in total. The van der Waals surface area contributed by atoms with Gasteiger partial charge in [0.05, 0.1) is 11.4 Å². The van der Waals surface area contributed by atoms with Crippen LogP contribution in [-0.4, -0.2) is 15.3 Å². The molecular formula is C11H16N2O. The summed E-state index contributed by atoms with van der Waals surface area (Å²) in [5.74, 6) is 0. The van der Waals surface area contributed by atoms with Gasteiger partial charge in [-0.2, -0.15) is 10.2 Å². The first-order valence-electron chi connectivity index (χ1n) is 4.72. The van der Waals surface area contributed by atoms with Crippen LogP contribution in [-0.2, 0) is 6.42 Å². The molecule has 0 aliphatic heterocycles. The molecule has 0 saturated carbocycles. The van der Waals surface area contributed by atoms with E-state index in [0.29, 0.717) is 0 Å². The minimum absolute atomic E-state index is 0.626. The quantitative estimate of drug-likeness (QED) is 0.744. The Morgan fingerprint density at radius 3 is 2.71 bits per heavy atom. The smallest absolute Gasteiger partial charge is 0.101 e. The fourth-order valence-electron chi connectivity index (χ4n) is 1.31. The van der Waals surface area contributed by atoms with Crippen LogP contribution in [0.5, 0.6) is 0 Å². The zero-order chi connectivity index (χ0) is 10.7. The molecule has 0 radical (unpaired) electrons. The van der Waals surface area contributed by atoms with E-state index in [1.807, 2.05) is 19.9 Å². The van der Waals surface area contributed by atoms with Crippen molar-refractivity contribution >= 4 is 0 Å². The van der Waals surface area contributed by atoms with Gasteiger partial charge in [-0.3, -0.25) is 0 Å². The molecule has 14 heavy (non-hydrogen) atoms. The third kappa shape index (κ3) is 2.17. The highest BCUT2D eigenvalue weighted by atomic mass is 16.3. The van der Waals surface area contributed by atoms with E-state index < -0.39 is 6.10 Å². The second-order valence-corrected chi connectivity index (χ2v) is 3.49. The number of hydrogen-bond acceptors (Lipinski definition) is 3. The number of aryl methyl sites for hydroxylation is 2. The number of aromatic nitrogens is 2. The van der Waals surface area contributed by atoms with E-state index in [1.54, 1.807) is 6.92 Å². The summed E-state index contributed by atoms with van der Waals surface area (Å²) in [6.07, 6.45) is 0.145. The summed E-state index contributed by atoms with van der Waals surface area (Å²) in [6, 6.07) is 1.87. The molecule has 1 heterocycles. The number of rotatable bonds is 3. The standard InChI is InChI=1S/C11H16N2O/c1-5-10-9(11(14)7(2)3)6-8(4)12-13-10/h6,11,14H,2,5H2,1,3-4H3. The van der Waals surface area contributed by atoms with Crippen LogP contribution in [0.15, 0.2) is 18.2 Å². The summed E-state index contributed by atoms with van der Waals surface area (Å²) < 4.78 is 0. The largest absolute Gasteiger partial charge is 0.384 e. The Kier molecular flexibility index (Phi) is 3.36. The van der Waals surface area contributed by atoms with Crippen molar-refractivity contribution in [3.8, 4) is 0 Å². The zero-order valence-electron chi connectivity index (χ0n) is 8.91. The maximum Gasteiger partial charge on any atom is 0.101 e. The first-order chi connectivity index (χ1) is 6.56. The van der Waals surface area contributed by atoms with Crippen molar-refractivity contribution in [2.24, 2.45) is 0 Å². The van der Waals surface area contributed by atoms with Crippen molar-refractivity contribution in [2.45, 2.75) is 33.3 Å². The maximum atomic E-state index is 9.87. The highest BCUT2D eigenvalue weighted by Crippen LogP contribution is 2.22. The number of nitrogens with zero attached hydrogens (tertiary/aromatic N) is 2. The number of aliphatic hydroxyl groups excluding tert-OH is 1. The highest BCUT2D eigenvalue weighted by Gasteiger charge is 2.13. The molecule has 0 bridgehead atoms. The van der Waals surface area contributed by atoms with Gasteiger partial charge in [-0.25, -0.2) is 0 Å². The fraction of sp³-hybridized carbons (Fsp3) is 0.455. The SMILES string of the molecule is C=C(C)C(O)c1cc(C)nnc1CC. The number of aliphatic hydroxyl groups is 1. The fourth-order valence-corrected chi connectivity index (χ4v) is 1.31. The van der Waals surface area contributed by atoms with E-state index in [4.69, 9.17) is 0 Å². The van der Waals surface area contributed by atoms with E-state index in [0.717, 1.165) is 28.9 Å². The van der Waals surface area contributed by atoms with Crippen LogP contribution in [0.2, 0.25) is 0 Å². The summed E-state index contributed by atoms with van der Waals surface area (Å²) >= 11 is 0. The lowest BCUT2D eigenvalue weighted by atomic mass is 10.0. The van der Waals surface area contributed by atoms with Gasteiger partial charge in [-0.15, -0.1) is 0 Å². The van der Waals surface area contributed by atoms with Crippen molar-refractivity contribution in [3.63, 3.8) is 0 Å². The summed E-state index contributed by atoms with van der Waals surface area (Å²) in [5.41, 5.74) is 3.21.